The average Bonchev–Trinajstić information content (AvgIpc) is 3.48. The van der Waals surface area contributed by atoms with E-state index in [0.29, 0.717) is 33.5 Å². The molecule has 4 aromatic rings. The van der Waals surface area contributed by atoms with Crippen molar-refractivity contribution in [3.63, 3.8) is 0 Å². The molecule has 2 aromatic carbocycles. The summed E-state index contributed by atoms with van der Waals surface area (Å²) in [7, 11) is 0. The molecule has 2 N–H and O–H groups in total. The third-order valence-corrected chi connectivity index (χ3v) is 5.84. The van der Waals surface area contributed by atoms with Crippen molar-refractivity contribution in [2.45, 2.75) is 19.5 Å². The second-order valence-electron chi connectivity index (χ2n) is 7.78. The van der Waals surface area contributed by atoms with Crippen LogP contribution in [0.3, 0.4) is 0 Å². The average molecular weight is 530 g/mol. The number of nitro benzene ring substituents is 1. The molecule has 0 radical (unpaired) electrons. The minimum Gasteiger partial charge on any atom is -0.455 e. The number of amides is 1. The molecule has 4 rings (SSSR count). The van der Waals surface area contributed by atoms with Gasteiger partial charge in [-0.15, -0.1) is 11.3 Å². The molecule has 0 aliphatic carbocycles. The summed E-state index contributed by atoms with van der Waals surface area (Å²) >= 11 is 1.15. The van der Waals surface area contributed by atoms with Crippen LogP contribution < -0.4 is 10.7 Å². The molecule has 190 valence electrons. The number of anilines is 2. The molecule has 0 bridgehead atoms. The van der Waals surface area contributed by atoms with Crippen molar-refractivity contribution in [2.24, 2.45) is 5.10 Å². The Morgan fingerprint density at radius 2 is 2.03 bits per heavy atom. The first kappa shape index (κ1) is 25.6. The first-order chi connectivity index (χ1) is 17.6. The van der Waals surface area contributed by atoms with Crippen molar-refractivity contribution in [2.75, 3.05) is 5.32 Å². The Balaban J connectivity index is 1.31. The van der Waals surface area contributed by atoms with Gasteiger partial charge in [-0.05, 0) is 48.9 Å². The van der Waals surface area contributed by atoms with Gasteiger partial charge in [-0.3, -0.25) is 14.9 Å². The van der Waals surface area contributed by atoms with Gasteiger partial charge in [0.05, 0.1) is 28.8 Å². The van der Waals surface area contributed by atoms with E-state index in [1.165, 1.54) is 30.5 Å². The van der Waals surface area contributed by atoms with Gasteiger partial charge in [0.25, 0.3) is 5.69 Å². The van der Waals surface area contributed by atoms with Gasteiger partial charge in [0.1, 0.15) is 11.5 Å². The first-order valence-corrected chi connectivity index (χ1v) is 11.5. The van der Waals surface area contributed by atoms with Gasteiger partial charge in [0, 0.05) is 28.8 Å². The third kappa shape index (κ3) is 6.58. The zero-order chi connectivity index (χ0) is 26.6. The van der Waals surface area contributed by atoms with E-state index in [4.69, 9.17) is 4.42 Å². The van der Waals surface area contributed by atoms with E-state index in [-0.39, 0.29) is 17.8 Å². The molecule has 0 fully saturated rings. The van der Waals surface area contributed by atoms with Gasteiger partial charge in [-0.2, -0.15) is 18.3 Å². The largest absolute Gasteiger partial charge is 0.455 e. The number of hydrogen-bond acceptors (Lipinski definition) is 8. The Hall–Kier alpha value is -4.52. The van der Waals surface area contributed by atoms with E-state index in [2.05, 4.69) is 20.8 Å². The van der Waals surface area contributed by atoms with Crippen LogP contribution in [0.5, 0.6) is 0 Å². The molecule has 0 saturated carbocycles. The van der Waals surface area contributed by atoms with Crippen LogP contribution in [0.1, 0.15) is 22.6 Å². The maximum Gasteiger partial charge on any atom is 0.416 e. The lowest BCUT2D eigenvalue weighted by Crippen LogP contribution is -2.19. The molecular weight excluding hydrogens is 511 g/mol. The number of rotatable bonds is 8. The highest BCUT2D eigenvalue weighted by Crippen LogP contribution is 2.32. The number of non-ortho nitro benzene ring substituents is 1. The predicted octanol–water partition coefficient (Wildman–Crippen LogP) is 6.07. The standard InChI is InChI=1S/C24H18F3N5O4S/c1-14-9-18(32(34)35)5-7-20(14)21-8-6-19(36-21)12-28-31-22(33)11-17-13-37-23(30-17)29-16-4-2-3-15(10-16)24(25,26)27/h2-10,12-13H,11H2,1H3,(H,29,30)(H,31,33)/b28-12-. The lowest BCUT2D eigenvalue weighted by molar-refractivity contribution is -0.384. The smallest absolute Gasteiger partial charge is 0.416 e. The zero-order valence-corrected chi connectivity index (χ0v) is 19.9. The summed E-state index contributed by atoms with van der Waals surface area (Å²) in [4.78, 5) is 26.8. The normalized spacial score (nSPS) is 11.6. The van der Waals surface area contributed by atoms with Crippen LogP contribution in [0.4, 0.5) is 29.7 Å². The van der Waals surface area contributed by atoms with Crippen molar-refractivity contribution < 1.29 is 27.3 Å². The SMILES string of the molecule is Cc1cc([N+](=O)[O-])ccc1-c1ccc(/C=N\NC(=O)Cc2csc(Nc3cccc(C(F)(F)F)c3)n2)o1. The maximum atomic E-state index is 12.9. The minimum atomic E-state index is -4.45. The molecule has 0 spiro atoms. The molecular formula is C24H18F3N5O4S. The summed E-state index contributed by atoms with van der Waals surface area (Å²) in [6.07, 6.45) is -3.24. The van der Waals surface area contributed by atoms with Gasteiger partial charge < -0.3 is 9.73 Å². The number of nitrogens with zero attached hydrogens (tertiary/aromatic N) is 3. The van der Waals surface area contributed by atoms with Crippen LogP contribution in [0, 0.1) is 17.0 Å². The van der Waals surface area contributed by atoms with Gasteiger partial charge in [-0.1, -0.05) is 6.07 Å². The number of aromatic nitrogens is 1. The molecule has 0 unspecified atom stereocenters. The zero-order valence-electron chi connectivity index (χ0n) is 19.1. The number of halogens is 3. The second kappa shape index (κ2) is 10.6. The molecule has 0 atom stereocenters. The molecule has 1 amide bonds. The van der Waals surface area contributed by atoms with Crippen LogP contribution in [0.25, 0.3) is 11.3 Å². The Kier molecular flexibility index (Phi) is 7.34. The summed E-state index contributed by atoms with van der Waals surface area (Å²) in [6, 6.07) is 12.5. The summed E-state index contributed by atoms with van der Waals surface area (Å²) < 4.78 is 44.3. The molecule has 9 nitrogen and oxygen atoms in total. The van der Waals surface area contributed by atoms with Crippen LogP contribution in [0.2, 0.25) is 0 Å². The Labute approximate surface area is 211 Å². The van der Waals surface area contributed by atoms with Gasteiger partial charge in [0.15, 0.2) is 5.13 Å². The predicted molar refractivity (Wildman–Crippen MR) is 132 cm³/mol. The fourth-order valence-corrected chi connectivity index (χ4v) is 4.05. The number of nitrogens with one attached hydrogen (secondary N) is 2. The van der Waals surface area contributed by atoms with Crippen molar-refractivity contribution in [3.05, 3.63) is 92.7 Å². The summed E-state index contributed by atoms with van der Waals surface area (Å²) in [5, 5.41) is 19.5. The summed E-state index contributed by atoms with van der Waals surface area (Å²) in [6.45, 7) is 1.73. The molecule has 0 saturated heterocycles. The highest BCUT2D eigenvalue weighted by molar-refractivity contribution is 7.13. The van der Waals surface area contributed by atoms with Gasteiger partial charge in [0.2, 0.25) is 5.91 Å². The summed E-state index contributed by atoms with van der Waals surface area (Å²) in [5.74, 6) is 0.392. The Morgan fingerprint density at radius 1 is 1.22 bits per heavy atom. The van der Waals surface area contributed by atoms with E-state index in [1.54, 1.807) is 30.5 Å². The van der Waals surface area contributed by atoms with Gasteiger partial charge >= 0.3 is 6.18 Å². The van der Waals surface area contributed by atoms with Crippen molar-refractivity contribution >= 4 is 40.0 Å². The number of alkyl halides is 3. The highest BCUT2D eigenvalue weighted by atomic mass is 32.1. The maximum absolute atomic E-state index is 12.9. The van der Waals surface area contributed by atoms with Crippen molar-refractivity contribution in [1.29, 1.82) is 0 Å². The fourth-order valence-electron chi connectivity index (χ4n) is 3.32. The number of furan rings is 1. The number of nitro groups is 1. The minimum absolute atomic E-state index is 0.0176. The van der Waals surface area contributed by atoms with Crippen LogP contribution in [-0.4, -0.2) is 22.0 Å². The van der Waals surface area contributed by atoms with Crippen LogP contribution >= 0.6 is 11.3 Å². The lowest BCUT2D eigenvalue weighted by Gasteiger charge is -2.08. The number of aryl methyl sites for hydroxylation is 1. The quantitative estimate of drug-likeness (QED) is 0.162. The molecule has 0 aliphatic rings. The van der Waals surface area contributed by atoms with E-state index in [9.17, 15) is 28.1 Å². The number of carbonyl (C=O) groups excluding carboxylic acids is 1. The highest BCUT2D eigenvalue weighted by Gasteiger charge is 2.30. The number of hydrogen-bond donors (Lipinski definition) is 2. The first-order valence-electron chi connectivity index (χ1n) is 10.6. The third-order valence-electron chi connectivity index (χ3n) is 5.03. The fraction of sp³-hybridized carbons (Fsp3) is 0.125. The van der Waals surface area contributed by atoms with Crippen LogP contribution in [0.15, 0.2) is 69.5 Å². The van der Waals surface area contributed by atoms with E-state index >= 15 is 0 Å². The monoisotopic (exact) mass is 529 g/mol. The number of thiazole rings is 1. The Morgan fingerprint density at radius 3 is 2.76 bits per heavy atom. The van der Waals surface area contributed by atoms with E-state index in [1.807, 2.05) is 0 Å². The van der Waals surface area contributed by atoms with Crippen molar-refractivity contribution in [3.8, 4) is 11.3 Å². The summed E-state index contributed by atoms with van der Waals surface area (Å²) in [5.41, 5.74) is 3.57. The number of benzene rings is 2. The molecule has 0 aliphatic heterocycles. The second-order valence-corrected chi connectivity index (χ2v) is 8.63. The molecule has 13 heteroatoms. The molecule has 2 heterocycles. The van der Waals surface area contributed by atoms with Gasteiger partial charge in [-0.25, -0.2) is 10.4 Å². The van der Waals surface area contributed by atoms with E-state index < -0.39 is 22.6 Å². The molecule has 2 aromatic heterocycles. The van der Waals surface area contributed by atoms with E-state index in [0.717, 1.165) is 23.5 Å². The van der Waals surface area contributed by atoms with Crippen molar-refractivity contribution in [1.82, 2.24) is 10.4 Å². The number of hydrazone groups is 1. The topological polar surface area (TPSA) is 123 Å². The van der Waals surface area contributed by atoms with Crippen LogP contribution in [-0.2, 0) is 17.4 Å². The number of carbonyl (C=O) groups is 1. The Bertz CT molecular complexity index is 1480. The lowest BCUT2D eigenvalue weighted by atomic mass is 10.1. The molecule has 37 heavy (non-hydrogen) atoms.